The molecule has 1 N–H and O–H groups in total. The van der Waals surface area contributed by atoms with Gasteiger partial charge in [0.2, 0.25) is 0 Å². The lowest BCUT2D eigenvalue weighted by molar-refractivity contribution is 0.177. The maximum absolute atomic E-state index is 12.9. The van der Waals surface area contributed by atoms with E-state index in [4.69, 9.17) is 0 Å². The monoisotopic (exact) mass is 376 g/mol. The molecule has 25 heavy (non-hydrogen) atoms. The fourth-order valence-corrected chi connectivity index (χ4v) is 6.27. The zero-order chi connectivity index (χ0) is 17.4. The average molecular weight is 377 g/mol. The van der Waals surface area contributed by atoms with Crippen molar-refractivity contribution in [3.63, 3.8) is 0 Å². The summed E-state index contributed by atoms with van der Waals surface area (Å²) in [4.78, 5) is 16.1. The molecule has 2 aliphatic heterocycles. The summed E-state index contributed by atoms with van der Waals surface area (Å²) in [5, 5.41) is 5.01. The molecule has 0 bridgehead atoms. The second-order valence-corrected chi connectivity index (χ2v) is 9.83. The van der Waals surface area contributed by atoms with Crippen molar-refractivity contribution in [3.05, 3.63) is 57.8 Å². The fourth-order valence-electron chi connectivity index (χ4n) is 3.70. The molecular weight excluding hydrogens is 356 g/mol. The van der Waals surface area contributed by atoms with E-state index >= 15 is 0 Å². The molecule has 1 aromatic carbocycles. The number of hydrogen-bond acceptors (Lipinski definition) is 4. The molecule has 3 heterocycles. The van der Waals surface area contributed by atoms with E-state index in [1.54, 1.807) is 11.3 Å². The van der Waals surface area contributed by atoms with Crippen LogP contribution >= 0.6 is 11.3 Å². The van der Waals surface area contributed by atoms with Crippen LogP contribution in [0, 0.1) is 0 Å². The lowest BCUT2D eigenvalue weighted by Gasteiger charge is -2.36. The second-order valence-electron chi connectivity index (χ2n) is 6.61. The number of nitrogens with zero attached hydrogens (tertiary/aromatic N) is 1. The van der Waals surface area contributed by atoms with Crippen LogP contribution in [0.15, 0.2) is 41.8 Å². The lowest BCUT2D eigenvalue weighted by atomic mass is 9.93. The van der Waals surface area contributed by atoms with Crippen molar-refractivity contribution in [1.29, 1.82) is 0 Å². The van der Waals surface area contributed by atoms with Gasteiger partial charge in [-0.1, -0.05) is 30.3 Å². The Morgan fingerprint density at radius 1 is 1.20 bits per heavy atom. The molecule has 4 rings (SSSR count). The van der Waals surface area contributed by atoms with E-state index in [0.717, 1.165) is 12.0 Å². The molecule has 0 aliphatic carbocycles. The molecule has 0 unspecified atom stereocenters. The Morgan fingerprint density at radius 2 is 2.00 bits per heavy atom. The second kappa shape index (κ2) is 6.46. The van der Waals surface area contributed by atoms with Gasteiger partial charge in [-0.2, -0.15) is 0 Å². The summed E-state index contributed by atoms with van der Waals surface area (Å²) in [5.74, 6) is 0.209. The van der Waals surface area contributed by atoms with Crippen molar-refractivity contribution in [3.8, 4) is 0 Å². The van der Waals surface area contributed by atoms with Crippen molar-refractivity contribution in [2.24, 2.45) is 0 Å². The van der Waals surface area contributed by atoms with Crippen molar-refractivity contribution >= 4 is 27.2 Å². The van der Waals surface area contributed by atoms with Gasteiger partial charge in [0.15, 0.2) is 9.84 Å². The number of hydrogen-bond donors (Lipinski definition) is 1. The lowest BCUT2D eigenvalue weighted by Crippen LogP contribution is -2.49. The first-order valence-corrected chi connectivity index (χ1v) is 11.1. The Bertz CT molecular complexity index is 877. The van der Waals surface area contributed by atoms with Crippen LogP contribution in [0.1, 0.15) is 28.5 Å². The van der Waals surface area contributed by atoms with E-state index < -0.39 is 9.84 Å². The van der Waals surface area contributed by atoms with Crippen LogP contribution in [-0.4, -0.2) is 43.4 Å². The summed E-state index contributed by atoms with van der Waals surface area (Å²) in [5.41, 5.74) is 2.26. The van der Waals surface area contributed by atoms with E-state index in [9.17, 15) is 13.2 Å². The summed E-state index contributed by atoms with van der Waals surface area (Å²) < 4.78 is 23.3. The maximum atomic E-state index is 12.9. The Labute approximate surface area is 151 Å². The summed E-state index contributed by atoms with van der Waals surface area (Å²) in [6.07, 6.45) is 1.34. The number of nitrogens with one attached hydrogen (secondary N) is 1. The first kappa shape index (κ1) is 16.6. The molecule has 1 saturated heterocycles. The first-order valence-electron chi connectivity index (χ1n) is 8.42. The number of urea groups is 1. The Balaban J connectivity index is 1.60. The molecule has 2 atom stereocenters. The van der Waals surface area contributed by atoms with E-state index in [1.807, 2.05) is 35.2 Å². The highest BCUT2D eigenvalue weighted by atomic mass is 32.2. The number of amides is 2. The first-order chi connectivity index (χ1) is 12.0. The van der Waals surface area contributed by atoms with Crippen LogP contribution in [0.4, 0.5) is 4.79 Å². The van der Waals surface area contributed by atoms with E-state index in [1.165, 1.54) is 10.4 Å². The Kier molecular flexibility index (Phi) is 4.29. The highest BCUT2D eigenvalue weighted by molar-refractivity contribution is 7.91. The van der Waals surface area contributed by atoms with Gasteiger partial charge in [0.25, 0.3) is 0 Å². The molecule has 0 radical (unpaired) electrons. The number of thiophene rings is 1. The van der Waals surface area contributed by atoms with Crippen LogP contribution in [0.25, 0.3) is 0 Å². The average Bonchev–Trinajstić information content (AvgIpc) is 3.20. The Hall–Kier alpha value is -1.86. The highest BCUT2D eigenvalue weighted by Gasteiger charge is 2.35. The Morgan fingerprint density at radius 3 is 2.72 bits per heavy atom. The number of fused-ring (bicyclic) bond motifs is 1. The van der Waals surface area contributed by atoms with Gasteiger partial charge in [-0.25, -0.2) is 13.2 Å². The molecule has 132 valence electrons. The van der Waals surface area contributed by atoms with Gasteiger partial charge >= 0.3 is 6.03 Å². The minimum absolute atomic E-state index is 0.0479. The zero-order valence-corrected chi connectivity index (χ0v) is 15.4. The third kappa shape index (κ3) is 3.30. The van der Waals surface area contributed by atoms with Gasteiger partial charge in [0, 0.05) is 17.5 Å². The number of carbonyl (C=O) groups is 1. The standard InChI is InChI=1S/C18H20N2O3S2/c21-18(19-14-8-11-25(22,23)12-14)20-9-6-16-15(7-10-24-16)17(20)13-4-2-1-3-5-13/h1-5,7,10,14,17H,6,8-9,11-12H2,(H,19,21)/t14-,17+/m1/s1. The van der Waals surface area contributed by atoms with Gasteiger partial charge in [-0.05, 0) is 35.4 Å². The van der Waals surface area contributed by atoms with E-state index in [0.29, 0.717) is 13.0 Å². The van der Waals surface area contributed by atoms with Crippen molar-refractivity contribution in [2.75, 3.05) is 18.1 Å². The molecule has 1 aromatic heterocycles. The topological polar surface area (TPSA) is 66.5 Å². The molecule has 2 amide bonds. The summed E-state index contributed by atoms with van der Waals surface area (Å²) in [6, 6.07) is 11.5. The molecule has 0 saturated carbocycles. The van der Waals surface area contributed by atoms with Gasteiger partial charge < -0.3 is 10.2 Å². The predicted octanol–water partition coefficient (Wildman–Crippen LogP) is 2.59. The predicted molar refractivity (Wildman–Crippen MR) is 98.6 cm³/mol. The third-order valence-corrected chi connectivity index (χ3v) is 7.67. The minimum atomic E-state index is -3.01. The van der Waals surface area contributed by atoms with Crippen LogP contribution < -0.4 is 5.32 Å². The minimum Gasteiger partial charge on any atom is -0.334 e. The van der Waals surface area contributed by atoms with Crippen molar-refractivity contribution < 1.29 is 13.2 Å². The van der Waals surface area contributed by atoms with Gasteiger partial charge in [-0.3, -0.25) is 0 Å². The summed E-state index contributed by atoms with van der Waals surface area (Å²) in [7, 11) is -3.01. The fraction of sp³-hybridized carbons (Fsp3) is 0.389. The highest BCUT2D eigenvalue weighted by Crippen LogP contribution is 2.37. The van der Waals surface area contributed by atoms with Crippen molar-refractivity contribution in [1.82, 2.24) is 10.2 Å². The third-order valence-electron chi connectivity index (χ3n) is 4.90. The quantitative estimate of drug-likeness (QED) is 0.876. The SMILES string of the molecule is O=C(N[C@@H]1CCS(=O)(=O)C1)N1CCc2sccc2[C@@H]1c1ccccc1. The van der Waals surface area contributed by atoms with Gasteiger partial charge in [-0.15, -0.1) is 11.3 Å². The zero-order valence-electron chi connectivity index (χ0n) is 13.7. The molecule has 2 aromatic rings. The van der Waals surface area contributed by atoms with E-state index in [-0.39, 0.29) is 29.6 Å². The van der Waals surface area contributed by atoms with E-state index in [2.05, 4.69) is 16.8 Å². The van der Waals surface area contributed by atoms with Gasteiger partial charge in [0.05, 0.1) is 17.5 Å². The molecule has 0 spiro atoms. The van der Waals surface area contributed by atoms with Crippen molar-refractivity contribution in [2.45, 2.75) is 24.9 Å². The number of carbonyl (C=O) groups excluding carboxylic acids is 1. The van der Waals surface area contributed by atoms with Crippen LogP contribution in [0.2, 0.25) is 0 Å². The molecule has 5 nitrogen and oxygen atoms in total. The summed E-state index contributed by atoms with van der Waals surface area (Å²) >= 11 is 1.73. The smallest absolute Gasteiger partial charge is 0.318 e. The van der Waals surface area contributed by atoms with Crippen LogP contribution in [-0.2, 0) is 16.3 Å². The normalized spacial score (nSPS) is 24.7. The molecular formula is C18H20N2O3S2. The van der Waals surface area contributed by atoms with Crippen LogP contribution in [0.3, 0.4) is 0 Å². The van der Waals surface area contributed by atoms with Crippen LogP contribution in [0.5, 0.6) is 0 Å². The van der Waals surface area contributed by atoms with Gasteiger partial charge in [0.1, 0.15) is 0 Å². The number of rotatable bonds is 2. The molecule has 2 aliphatic rings. The largest absolute Gasteiger partial charge is 0.334 e. The summed E-state index contributed by atoms with van der Waals surface area (Å²) in [6.45, 7) is 0.637. The molecule has 7 heteroatoms. The number of sulfone groups is 1. The number of benzene rings is 1. The molecule has 1 fully saturated rings. The maximum Gasteiger partial charge on any atom is 0.318 e.